The Hall–Kier alpha value is -1.55. The van der Waals surface area contributed by atoms with Crippen LogP contribution in [-0.2, 0) is 6.42 Å². The normalized spacial score (nSPS) is 19.7. The molecule has 102 valence electrons. The molecule has 0 aromatic heterocycles. The summed E-state index contributed by atoms with van der Waals surface area (Å²) in [5.74, 6) is 0.983. The first kappa shape index (κ1) is 12.5. The van der Waals surface area contributed by atoms with Crippen LogP contribution in [0.4, 0.5) is 0 Å². The molecule has 4 nitrogen and oxygen atoms in total. The molecule has 0 atom stereocenters. The van der Waals surface area contributed by atoms with Crippen LogP contribution >= 0.6 is 0 Å². The number of rotatable bonds is 1. The molecule has 1 aromatic carbocycles. The highest BCUT2D eigenvalue weighted by atomic mass is 16.5. The molecular weight excluding hydrogens is 242 g/mol. The van der Waals surface area contributed by atoms with Gasteiger partial charge >= 0.3 is 0 Å². The molecule has 0 saturated carbocycles. The highest BCUT2D eigenvalue weighted by molar-refractivity contribution is 5.94. The standard InChI is InChI=1S/C15H19NO3/c17-13-5-7-16(8-6-13)15(18)12-3-4-14-11(10-12)2-1-9-19-14/h3-4,10,13,17H,1-2,5-9H2. The Morgan fingerprint density at radius 1 is 1.32 bits per heavy atom. The third-order valence-corrected chi connectivity index (χ3v) is 3.91. The van der Waals surface area contributed by atoms with Gasteiger partial charge in [0.25, 0.3) is 5.91 Å². The summed E-state index contributed by atoms with van der Waals surface area (Å²) in [4.78, 5) is 14.2. The van der Waals surface area contributed by atoms with E-state index in [9.17, 15) is 9.90 Å². The third kappa shape index (κ3) is 2.59. The third-order valence-electron chi connectivity index (χ3n) is 3.91. The number of piperidine rings is 1. The Morgan fingerprint density at radius 2 is 2.11 bits per heavy atom. The van der Waals surface area contributed by atoms with Crippen molar-refractivity contribution < 1.29 is 14.6 Å². The number of likely N-dealkylation sites (tertiary alicyclic amines) is 1. The Labute approximate surface area is 113 Å². The predicted octanol–water partition coefficient (Wildman–Crippen LogP) is 1.61. The minimum Gasteiger partial charge on any atom is -0.493 e. The first-order valence-corrected chi connectivity index (χ1v) is 6.97. The molecule has 0 unspecified atom stereocenters. The van der Waals surface area contributed by atoms with Crippen molar-refractivity contribution in [2.24, 2.45) is 0 Å². The molecule has 4 heteroatoms. The molecule has 1 N–H and O–H groups in total. The summed E-state index contributed by atoms with van der Waals surface area (Å²) < 4.78 is 5.56. The quantitative estimate of drug-likeness (QED) is 0.835. The van der Waals surface area contributed by atoms with Crippen LogP contribution in [0.3, 0.4) is 0 Å². The lowest BCUT2D eigenvalue weighted by molar-refractivity contribution is 0.0546. The Balaban J connectivity index is 1.76. The maximum Gasteiger partial charge on any atom is 0.253 e. The average molecular weight is 261 g/mol. The lowest BCUT2D eigenvalue weighted by atomic mass is 10.0. The van der Waals surface area contributed by atoms with Crippen molar-refractivity contribution in [1.29, 1.82) is 0 Å². The van der Waals surface area contributed by atoms with Crippen molar-refractivity contribution in [3.05, 3.63) is 29.3 Å². The van der Waals surface area contributed by atoms with Crippen LogP contribution in [0.1, 0.15) is 35.2 Å². The van der Waals surface area contributed by atoms with Crippen molar-refractivity contribution in [3.63, 3.8) is 0 Å². The van der Waals surface area contributed by atoms with E-state index in [1.807, 2.05) is 23.1 Å². The zero-order chi connectivity index (χ0) is 13.2. The van der Waals surface area contributed by atoms with E-state index < -0.39 is 0 Å². The maximum atomic E-state index is 12.4. The number of ether oxygens (including phenoxy) is 1. The van der Waals surface area contributed by atoms with Gasteiger partial charge in [0, 0.05) is 18.7 Å². The molecule has 1 aromatic rings. The summed E-state index contributed by atoms with van der Waals surface area (Å²) in [6.07, 6.45) is 3.11. The summed E-state index contributed by atoms with van der Waals surface area (Å²) >= 11 is 0. The number of aliphatic hydroxyl groups is 1. The van der Waals surface area contributed by atoms with Crippen molar-refractivity contribution in [3.8, 4) is 5.75 Å². The van der Waals surface area contributed by atoms with Crippen LogP contribution in [0.5, 0.6) is 5.75 Å². The van der Waals surface area contributed by atoms with Gasteiger partial charge in [-0.05, 0) is 49.4 Å². The largest absolute Gasteiger partial charge is 0.493 e. The van der Waals surface area contributed by atoms with Gasteiger partial charge < -0.3 is 14.7 Å². The molecule has 3 rings (SSSR count). The van der Waals surface area contributed by atoms with Gasteiger partial charge in [-0.2, -0.15) is 0 Å². The topological polar surface area (TPSA) is 49.8 Å². The summed E-state index contributed by atoms with van der Waals surface area (Å²) in [7, 11) is 0. The number of hydrogen-bond donors (Lipinski definition) is 1. The van der Waals surface area contributed by atoms with E-state index in [1.165, 1.54) is 0 Å². The van der Waals surface area contributed by atoms with E-state index in [2.05, 4.69) is 0 Å². The predicted molar refractivity (Wildman–Crippen MR) is 71.4 cm³/mol. The zero-order valence-electron chi connectivity index (χ0n) is 11.0. The molecule has 2 aliphatic heterocycles. The van der Waals surface area contributed by atoms with Gasteiger partial charge in [-0.1, -0.05) is 0 Å². The van der Waals surface area contributed by atoms with Gasteiger partial charge in [-0.3, -0.25) is 4.79 Å². The first-order chi connectivity index (χ1) is 9.24. The van der Waals surface area contributed by atoms with Gasteiger partial charge in [-0.15, -0.1) is 0 Å². The number of aliphatic hydroxyl groups excluding tert-OH is 1. The lowest BCUT2D eigenvalue weighted by Gasteiger charge is -2.30. The highest BCUT2D eigenvalue weighted by Crippen LogP contribution is 2.26. The SMILES string of the molecule is O=C(c1ccc2c(c1)CCCO2)N1CCC(O)CC1. The number of carbonyl (C=O) groups is 1. The second-order valence-corrected chi connectivity index (χ2v) is 5.30. The number of benzene rings is 1. The molecule has 0 radical (unpaired) electrons. The molecule has 19 heavy (non-hydrogen) atoms. The zero-order valence-corrected chi connectivity index (χ0v) is 11.0. The summed E-state index contributed by atoms with van der Waals surface area (Å²) in [5, 5.41) is 9.48. The van der Waals surface area contributed by atoms with E-state index in [0.717, 1.165) is 36.3 Å². The molecule has 1 saturated heterocycles. The van der Waals surface area contributed by atoms with E-state index in [4.69, 9.17) is 4.74 Å². The van der Waals surface area contributed by atoms with Crippen LogP contribution in [-0.4, -0.2) is 41.7 Å². The monoisotopic (exact) mass is 261 g/mol. The van der Waals surface area contributed by atoms with Gasteiger partial charge in [-0.25, -0.2) is 0 Å². The van der Waals surface area contributed by atoms with Crippen LogP contribution in [0.2, 0.25) is 0 Å². The van der Waals surface area contributed by atoms with Crippen molar-refractivity contribution in [2.75, 3.05) is 19.7 Å². The fraction of sp³-hybridized carbons (Fsp3) is 0.533. The number of fused-ring (bicyclic) bond motifs is 1. The fourth-order valence-corrected chi connectivity index (χ4v) is 2.74. The number of nitrogens with zero attached hydrogens (tertiary/aromatic N) is 1. The smallest absolute Gasteiger partial charge is 0.253 e. The Kier molecular flexibility index (Phi) is 3.42. The number of hydrogen-bond acceptors (Lipinski definition) is 3. The van der Waals surface area contributed by atoms with Crippen LogP contribution in [0.25, 0.3) is 0 Å². The van der Waals surface area contributed by atoms with E-state index in [-0.39, 0.29) is 12.0 Å². The van der Waals surface area contributed by atoms with Gasteiger partial charge in [0.15, 0.2) is 0 Å². The van der Waals surface area contributed by atoms with Crippen LogP contribution < -0.4 is 4.74 Å². The first-order valence-electron chi connectivity index (χ1n) is 6.97. The van der Waals surface area contributed by atoms with E-state index >= 15 is 0 Å². The van der Waals surface area contributed by atoms with Crippen LogP contribution in [0.15, 0.2) is 18.2 Å². The molecule has 2 heterocycles. The van der Waals surface area contributed by atoms with E-state index in [0.29, 0.717) is 25.9 Å². The molecule has 0 bridgehead atoms. The van der Waals surface area contributed by atoms with Gasteiger partial charge in [0.05, 0.1) is 12.7 Å². The average Bonchev–Trinajstić information content (AvgIpc) is 2.47. The molecule has 1 fully saturated rings. The molecule has 0 spiro atoms. The number of carbonyl (C=O) groups excluding carboxylic acids is 1. The van der Waals surface area contributed by atoms with E-state index in [1.54, 1.807) is 0 Å². The fourth-order valence-electron chi connectivity index (χ4n) is 2.74. The second-order valence-electron chi connectivity index (χ2n) is 5.30. The molecule has 0 aliphatic carbocycles. The number of amides is 1. The molecule has 1 amide bonds. The summed E-state index contributed by atoms with van der Waals surface area (Å²) in [5.41, 5.74) is 1.87. The van der Waals surface area contributed by atoms with Crippen LogP contribution in [0, 0.1) is 0 Å². The Morgan fingerprint density at radius 3 is 2.89 bits per heavy atom. The maximum absolute atomic E-state index is 12.4. The minimum absolute atomic E-state index is 0.0697. The summed E-state index contributed by atoms with van der Waals surface area (Å²) in [6.45, 7) is 2.06. The minimum atomic E-state index is -0.249. The number of aryl methyl sites for hydroxylation is 1. The Bertz CT molecular complexity index is 478. The van der Waals surface area contributed by atoms with Crippen molar-refractivity contribution in [1.82, 2.24) is 4.90 Å². The lowest BCUT2D eigenvalue weighted by Crippen LogP contribution is -2.40. The van der Waals surface area contributed by atoms with Crippen molar-refractivity contribution in [2.45, 2.75) is 31.8 Å². The highest BCUT2D eigenvalue weighted by Gasteiger charge is 2.23. The second kappa shape index (κ2) is 5.21. The molecular formula is C15H19NO3. The van der Waals surface area contributed by atoms with Gasteiger partial charge in [0.2, 0.25) is 0 Å². The summed E-state index contributed by atoms with van der Waals surface area (Å²) in [6, 6.07) is 5.71. The van der Waals surface area contributed by atoms with Gasteiger partial charge in [0.1, 0.15) is 5.75 Å². The molecule has 2 aliphatic rings. The van der Waals surface area contributed by atoms with Crippen molar-refractivity contribution >= 4 is 5.91 Å².